The monoisotopic (exact) mass is 284 g/mol. The largest absolute Gasteiger partial charge is 0.314 e. The van der Waals surface area contributed by atoms with Crippen LogP contribution in [0.25, 0.3) is 0 Å². The van der Waals surface area contributed by atoms with E-state index in [1.807, 2.05) is 34.6 Å². The quantitative estimate of drug-likeness (QED) is 0.682. The van der Waals surface area contributed by atoms with Gasteiger partial charge in [0.25, 0.3) is 0 Å². The number of Topliss-reactive ketones (excluding diaryl/α,β-unsaturated/α-hetero) is 2. The van der Waals surface area contributed by atoms with E-state index in [0.29, 0.717) is 32.0 Å². The van der Waals surface area contributed by atoms with Crippen molar-refractivity contribution in [2.24, 2.45) is 5.41 Å². The van der Waals surface area contributed by atoms with Crippen molar-refractivity contribution in [2.45, 2.75) is 72.9 Å². The van der Waals surface area contributed by atoms with Gasteiger partial charge >= 0.3 is 0 Å². The first kappa shape index (κ1) is 19.3. The third-order valence-electron chi connectivity index (χ3n) is 3.36. The second-order valence-electron chi connectivity index (χ2n) is 7.26. The molecule has 0 aliphatic heterocycles. The highest BCUT2D eigenvalue weighted by Crippen LogP contribution is 2.16. The summed E-state index contributed by atoms with van der Waals surface area (Å²) in [5.41, 5.74) is -0.881. The van der Waals surface area contributed by atoms with Crippen LogP contribution >= 0.6 is 0 Å². The third kappa shape index (κ3) is 7.75. The minimum atomic E-state index is -0.573. The van der Waals surface area contributed by atoms with Crippen molar-refractivity contribution in [1.82, 2.24) is 10.6 Å². The molecule has 0 aromatic rings. The molecule has 2 N–H and O–H groups in total. The average molecular weight is 284 g/mol. The molecule has 4 heteroatoms. The zero-order valence-electron chi connectivity index (χ0n) is 14.2. The van der Waals surface area contributed by atoms with Crippen LogP contribution in [0.4, 0.5) is 0 Å². The summed E-state index contributed by atoms with van der Waals surface area (Å²) in [5.74, 6) is 0.392. The van der Waals surface area contributed by atoms with Crippen molar-refractivity contribution in [1.29, 1.82) is 0 Å². The molecule has 0 saturated heterocycles. The molecule has 0 spiro atoms. The van der Waals surface area contributed by atoms with E-state index in [1.165, 1.54) is 0 Å². The molecule has 0 heterocycles. The van der Waals surface area contributed by atoms with Crippen LogP contribution in [0.2, 0.25) is 0 Å². The fourth-order valence-electron chi connectivity index (χ4n) is 1.75. The summed E-state index contributed by atoms with van der Waals surface area (Å²) in [5, 5.41) is 6.44. The van der Waals surface area contributed by atoms with Crippen LogP contribution in [0.15, 0.2) is 0 Å². The van der Waals surface area contributed by atoms with Gasteiger partial charge in [-0.3, -0.25) is 9.59 Å². The first-order valence-corrected chi connectivity index (χ1v) is 7.52. The van der Waals surface area contributed by atoms with Crippen molar-refractivity contribution in [3.05, 3.63) is 0 Å². The zero-order chi connectivity index (χ0) is 16.0. The highest BCUT2D eigenvalue weighted by Gasteiger charge is 2.27. The van der Waals surface area contributed by atoms with Crippen molar-refractivity contribution in [3.63, 3.8) is 0 Å². The Balaban J connectivity index is 4.11. The fourth-order valence-corrected chi connectivity index (χ4v) is 1.75. The Morgan fingerprint density at radius 2 is 1.40 bits per heavy atom. The normalized spacial score (nSPS) is 12.8. The molecule has 0 amide bonds. The van der Waals surface area contributed by atoms with Crippen molar-refractivity contribution in [3.8, 4) is 0 Å². The molecule has 0 fully saturated rings. The maximum absolute atomic E-state index is 12.1. The summed E-state index contributed by atoms with van der Waals surface area (Å²) in [6.45, 7) is 14.9. The zero-order valence-corrected chi connectivity index (χ0v) is 14.2. The van der Waals surface area contributed by atoms with Gasteiger partial charge < -0.3 is 10.6 Å². The SMILES string of the molecule is CC(C)NCCC(=O)C(C)(C)NCCC(=O)C(C)(C)C. The van der Waals surface area contributed by atoms with Crippen LogP contribution < -0.4 is 10.6 Å². The first-order valence-electron chi connectivity index (χ1n) is 7.52. The van der Waals surface area contributed by atoms with Gasteiger partial charge in [0.05, 0.1) is 5.54 Å². The first-order chi connectivity index (χ1) is 8.97. The number of hydrogen-bond acceptors (Lipinski definition) is 4. The Labute approximate surface area is 124 Å². The minimum Gasteiger partial charge on any atom is -0.314 e. The van der Waals surface area contributed by atoms with Gasteiger partial charge in [0.2, 0.25) is 0 Å². The van der Waals surface area contributed by atoms with Gasteiger partial charge in [-0.05, 0) is 13.8 Å². The molecule has 0 saturated carbocycles. The smallest absolute Gasteiger partial charge is 0.153 e. The van der Waals surface area contributed by atoms with Crippen LogP contribution in [0.3, 0.4) is 0 Å². The Morgan fingerprint density at radius 3 is 1.85 bits per heavy atom. The second kappa shape index (κ2) is 7.89. The van der Waals surface area contributed by atoms with Gasteiger partial charge in [0.1, 0.15) is 5.78 Å². The Bertz CT molecular complexity index is 328. The van der Waals surface area contributed by atoms with Gasteiger partial charge in [-0.25, -0.2) is 0 Å². The highest BCUT2D eigenvalue weighted by molar-refractivity contribution is 5.88. The molecule has 0 aromatic carbocycles. The Hall–Kier alpha value is -0.740. The molecule has 20 heavy (non-hydrogen) atoms. The molecule has 0 aliphatic carbocycles. The summed E-state index contributed by atoms with van der Waals surface area (Å²) >= 11 is 0. The minimum absolute atomic E-state index is 0.175. The summed E-state index contributed by atoms with van der Waals surface area (Å²) in [6, 6.07) is 0.392. The molecular formula is C16H32N2O2. The number of ketones is 2. The molecule has 0 radical (unpaired) electrons. The molecule has 0 unspecified atom stereocenters. The number of nitrogens with one attached hydrogen (secondary N) is 2. The molecule has 0 bridgehead atoms. The molecule has 0 aliphatic rings. The van der Waals surface area contributed by atoms with Crippen LogP contribution in [-0.2, 0) is 9.59 Å². The van der Waals surface area contributed by atoms with E-state index in [0.717, 1.165) is 0 Å². The van der Waals surface area contributed by atoms with Crippen LogP contribution in [0.1, 0.15) is 61.3 Å². The fraction of sp³-hybridized carbons (Fsp3) is 0.875. The standard InChI is InChI=1S/C16H32N2O2/c1-12(2)17-10-8-14(20)16(6,7)18-11-9-13(19)15(3,4)5/h12,17-18H,8-11H2,1-7H3. The topological polar surface area (TPSA) is 58.2 Å². The molecule has 4 nitrogen and oxygen atoms in total. The number of hydrogen-bond donors (Lipinski definition) is 2. The molecule has 0 atom stereocenters. The van der Waals surface area contributed by atoms with Crippen LogP contribution in [-0.4, -0.2) is 36.2 Å². The number of rotatable bonds is 9. The summed E-state index contributed by atoms with van der Waals surface area (Å²) < 4.78 is 0. The predicted molar refractivity (Wildman–Crippen MR) is 83.9 cm³/mol. The summed E-state index contributed by atoms with van der Waals surface area (Å²) in [6.07, 6.45) is 0.968. The molecule has 118 valence electrons. The van der Waals surface area contributed by atoms with E-state index in [1.54, 1.807) is 0 Å². The van der Waals surface area contributed by atoms with Gasteiger partial charge in [0.15, 0.2) is 5.78 Å². The lowest BCUT2D eigenvalue weighted by Crippen LogP contribution is -2.48. The maximum Gasteiger partial charge on any atom is 0.153 e. The number of carbonyl (C=O) groups is 2. The third-order valence-corrected chi connectivity index (χ3v) is 3.36. The number of carbonyl (C=O) groups excluding carboxylic acids is 2. The summed E-state index contributed by atoms with van der Waals surface area (Å²) in [7, 11) is 0. The lowest BCUT2D eigenvalue weighted by atomic mass is 9.88. The van der Waals surface area contributed by atoms with Crippen molar-refractivity contribution < 1.29 is 9.59 Å². The highest BCUT2D eigenvalue weighted by atomic mass is 16.1. The van der Waals surface area contributed by atoms with E-state index >= 15 is 0 Å². The molecule has 0 rings (SSSR count). The van der Waals surface area contributed by atoms with Crippen LogP contribution in [0.5, 0.6) is 0 Å². The van der Waals surface area contributed by atoms with E-state index < -0.39 is 5.54 Å². The van der Waals surface area contributed by atoms with E-state index in [2.05, 4.69) is 24.5 Å². The Morgan fingerprint density at radius 1 is 0.900 bits per heavy atom. The van der Waals surface area contributed by atoms with Gasteiger partial charge in [0, 0.05) is 37.4 Å². The van der Waals surface area contributed by atoms with Gasteiger partial charge in [-0.1, -0.05) is 34.6 Å². The molecular weight excluding hydrogens is 252 g/mol. The van der Waals surface area contributed by atoms with E-state index in [4.69, 9.17) is 0 Å². The molecule has 0 aromatic heterocycles. The van der Waals surface area contributed by atoms with Gasteiger partial charge in [-0.15, -0.1) is 0 Å². The predicted octanol–water partition coefficient (Wildman–Crippen LogP) is 2.32. The lowest BCUT2D eigenvalue weighted by Gasteiger charge is -2.26. The maximum atomic E-state index is 12.1. The van der Waals surface area contributed by atoms with Crippen LogP contribution in [0, 0.1) is 5.41 Å². The lowest BCUT2D eigenvalue weighted by molar-refractivity contribution is -0.127. The second-order valence-corrected chi connectivity index (χ2v) is 7.26. The van der Waals surface area contributed by atoms with E-state index in [-0.39, 0.29) is 17.0 Å². The average Bonchev–Trinajstić information content (AvgIpc) is 2.26. The Kier molecular flexibility index (Phi) is 7.60. The van der Waals surface area contributed by atoms with E-state index in [9.17, 15) is 9.59 Å². The van der Waals surface area contributed by atoms with Crippen molar-refractivity contribution in [2.75, 3.05) is 13.1 Å². The van der Waals surface area contributed by atoms with Crippen molar-refractivity contribution >= 4 is 11.6 Å². The van der Waals surface area contributed by atoms with Gasteiger partial charge in [-0.2, -0.15) is 0 Å². The summed E-state index contributed by atoms with van der Waals surface area (Å²) in [4.78, 5) is 24.0.